The molecule has 0 radical (unpaired) electrons. The molecule has 0 aliphatic rings. The number of anilines is 1. The summed E-state index contributed by atoms with van der Waals surface area (Å²) in [5, 5.41) is 12.1. The van der Waals surface area contributed by atoms with Crippen LogP contribution >= 0.6 is 0 Å². The quantitative estimate of drug-likeness (QED) is 0.452. The van der Waals surface area contributed by atoms with Crippen molar-refractivity contribution in [2.24, 2.45) is 5.41 Å². The van der Waals surface area contributed by atoms with Crippen LogP contribution in [0.25, 0.3) is 0 Å². The van der Waals surface area contributed by atoms with Gasteiger partial charge in [0.1, 0.15) is 5.75 Å². The number of carbonyl (C=O) groups excluding carboxylic acids is 1. The fraction of sp³-hybridized carbons (Fsp3) is 0.462. The Labute approximate surface area is 185 Å². The number of aryl methyl sites for hydroxylation is 3. The summed E-state index contributed by atoms with van der Waals surface area (Å²) in [6.07, 6.45) is 2.74. The fourth-order valence-electron chi connectivity index (χ4n) is 3.61. The van der Waals surface area contributed by atoms with Crippen LogP contribution < -0.4 is 10.1 Å². The van der Waals surface area contributed by atoms with Gasteiger partial charge >= 0.3 is 5.97 Å². The monoisotopic (exact) mass is 425 g/mol. The van der Waals surface area contributed by atoms with Gasteiger partial charge in [-0.1, -0.05) is 45.0 Å². The molecule has 0 aliphatic carbocycles. The van der Waals surface area contributed by atoms with Gasteiger partial charge in [-0.25, -0.2) is 0 Å². The first kappa shape index (κ1) is 24.4. The van der Waals surface area contributed by atoms with Gasteiger partial charge in [0.2, 0.25) is 5.91 Å². The highest BCUT2D eigenvalue weighted by Crippen LogP contribution is 2.28. The molecule has 0 saturated carbocycles. The summed E-state index contributed by atoms with van der Waals surface area (Å²) in [4.78, 5) is 23.9. The van der Waals surface area contributed by atoms with Crippen LogP contribution in [0, 0.1) is 19.3 Å². The maximum Gasteiger partial charge on any atom is 0.303 e. The summed E-state index contributed by atoms with van der Waals surface area (Å²) in [7, 11) is 0. The van der Waals surface area contributed by atoms with Crippen LogP contribution in [-0.4, -0.2) is 23.6 Å². The summed E-state index contributed by atoms with van der Waals surface area (Å²) >= 11 is 0. The molecule has 2 N–H and O–H groups in total. The molecule has 2 aromatic carbocycles. The van der Waals surface area contributed by atoms with Gasteiger partial charge < -0.3 is 15.2 Å². The Hall–Kier alpha value is -2.82. The van der Waals surface area contributed by atoms with Gasteiger partial charge in [0.05, 0.1) is 6.61 Å². The lowest BCUT2D eigenvalue weighted by Gasteiger charge is -2.25. The van der Waals surface area contributed by atoms with Crippen molar-refractivity contribution in [2.45, 2.75) is 66.7 Å². The zero-order chi connectivity index (χ0) is 23.0. The van der Waals surface area contributed by atoms with E-state index >= 15 is 0 Å². The predicted molar refractivity (Wildman–Crippen MR) is 125 cm³/mol. The first-order valence-electron chi connectivity index (χ1n) is 11.0. The van der Waals surface area contributed by atoms with Crippen molar-refractivity contribution >= 4 is 17.6 Å². The van der Waals surface area contributed by atoms with Gasteiger partial charge in [-0.2, -0.15) is 0 Å². The lowest BCUT2D eigenvalue weighted by molar-refractivity contribution is -0.137. The second-order valence-electron chi connectivity index (χ2n) is 8.75. The molecule has 1 amide bonds. The molecular formula is C26H35NO4. The van der Waals surface area contributed by atoms with E-state index in [1.807, 2.05) is 58.9 Å². The molecule has 5 heteroatoms. The Kier molecular flexibility index (Phi) is 8.66. The highest BCUT2D eigenvalue weighted by atomic mass is 16.5. The van der Waals surface area contributed by atoms with Crippen molar-refractivity contribution in [3.05, 3.63) is 58.7 Å². The van der Waals surface area contributed by atoms with Crippen molar-refractivity contribution in [2.75, 3.05) is 11.9 Å². The number of hydrogen-bond acceptors (Lipinski definition) is 3. The van der Waals surface area contributed by atoms with E-state index in [1.54, 1.807) is 0 Å². The minimum atomic E-state index is -0.819. The van der Waals surface area contributed by atoms with Crippen LogP contribution in [0.4, 0.5) is 5.69 Å². The van der Waals surface area contributed by atoms with Crippen molar-refractivity contribution in [1.29, 1.82) is 0 Å². The van der Waals surface area contributed by atoms with Crippen LogP contribution in [0.2, 0.25) is 0 Å². The van der Waals surface area contributed by atoms with Gasteiger partial charge in [0.15, 0.2) is 0 Å². The van der Waals surface area contributed by atoms with Crippen LogP contribution in [0.15, 0.2) is 36.4 Å². The SMILES string of the molecule is CCc1c(CCC(=O)O)cccc1NC(=O)C(C)(C)CCCOc1cc(C)ccc1C. The zero-order valence-electron chi connectivity index (χ0n) is 19.4. The van der Waals surface area contributed by atoms with Crippen molar-refractivity contribution < 1.29 is 19.4 Å². The molecule has 0 aromatic heterocycles. The zero-order valence-corrected chi connectivity index (χ0v) is 19.4. The third kappa shape index (κ3) is 7.12. The third-order valence-electron chi connectivity index (χ3n) is 5.65. The molecule has 0 heterocycles. The number of nitrogens with one attached hydrogen (secondary N) is 1. The standard InChI is InChI=1S/C26H35NO4/c1-6-21-20(13-14-24(28)29)9-7-10-22(21)27-25(30)26(4,5)15-8-16-31-23-17-18(2)11-12-19(23)3/h7,9-12,17H,6,8,13-16H2,1-5H3,(H,27,30)(H,28,29). The first-order valence-corrected chi connectivity index (χ1v) is 11.0. The fourth-order valence-corrected chi connectivity index (χ4v) is 3.61. The van der Waals surface area contributed by atoms with Gasteiger partial charge in [-0.15, -0.1) is 0 Å². The number of ether oxygens (including phenoxy) is 1. The molecule has 0 spiro atoms. The molecule has 168 valence electrons. The first-order chi connectivity index (χ1) is 14.6. The van der Waals surface area contributed by atoms with Crippen LogP contribution in [0.3, 0.4) is 0 Å². The number of hydrogen-bond donors (Lipinski definition) is 2. The number of carboxylic acids is 1. The second kappa shape index (κ2) is 11.0. The van der Waals surface area contributed by atoms with Gasteiger partial charge in [-0.05, 0) is 73.9 Å². The molecule has 0 aliphatic heterocycles. The van der Waals surface area contributed by atoms with E-state index in [0.717, 1.165) is 46.5 Å². The lowest BCUT2D eigenvalue weighted by Crippen LogP contribution is -2.31. The topological polar surface area (TPSA) is 75.6 Å². The minimum absolute atomic E-state index is 0.0377. The maximum atomic E-state index is 13.0. The van der Waals surface area contributed by atoms with Crippen LogP contribution in [0.5, 0.6) is 5.75 Å². The van der Waals surface area contributed by atoms with Crippen molar-refractivity contribution in [1.82, 2.24) is 0 Å². The molecule has 2 rings (SSSR count). The van der Waals surface area contributed by atoms with Crippen molar-refractivity contribution in [3.63, 3.8) is 0 Å². The Morgan fingerprint density at radius 2 is 1.87 bits per heavy atom. The highest BCUT2D eigenvalue weighted by molar-refractivity contribution is 5.95. The molecule has 5 nitrogen and oxygen atoms in total. The summed E-state index contributed by atoms with van der Waals surface area (Å²) < 4.78 is 5.93. The summed E-state index contributed by atoms with van der Waals surface area (Å²) in [5.74, 6) is 0.0399. The number of rotatable bonds is 11. The van der Waals surface area contributed by atoms with E-state index in [4.69, 9.17) is 9.84 Å². The number of aliphatic carboxylic acids is 1. The molecule has 31 heavy (non-hydrogen) atoms. The van der Waals surface area contributed by atoms with Gasteiger partial charge in [0.25, 0.3) is 0 Å². The average molecular weight is 426 g/mol. The Bertz CT molecular complexity index is 918. The molecule has 2 aromatic rings. The van der Waals surface area contributed by atoms with E-state index in [-0.39, 0.29) is 12.3 Å². The summed E-state index contributed by atoms with van der Waals surface area (Å²) in [5.41, 5.74) is 4.48. The maximum absolute atomic E-state index is 13.0. The molecule has 0 bridgehead atoms. The largest absolute Gasteiger partial charge is 0.493 e. The van der Waals surface area contributed by atoms with E-state index in [9.17, 15) is 9.59 Å². The van der Waals surface area contributed by atoms with E-state index in [2.05, 4.69) is 17.4 Å². The van der Waals surface area contributed by atoms with E-state index < -0.39 is 11.4 Å². The van der Waals surface area contributed by atoms with Crippen molar-refractivity contribution in [3.8, 4) is 5.75 Å². The smallest absolute Gasteiger partial charge is 0.303 e. The molecule has 0 unspecified atom stereocenters. The number of carbonyl (C=O) groups is 2. The molecule has 0 atom stereocenters. The number of carboxylic acid groups (broad SMARTS) is 1. The predicted octanol–water partition coefficient (Wildman–Crippen LogP) is 5.71. The normalized spacial score (nSPS) is 11.3. The number of benzene rings is 2. The summed E-state index contributed by atoms with van der Waals surface area (Å²) in [6, 6.07) is 11.9. The van der Waals surface area contributed by atoms with E-state index in [0.29, 0.717) is 19.4 Å². The lowest BCUT2D eigenvalue weighted by atomic mass is 9.86. The molecule has 0 fully saturated rings. The number of amides is 1. The average Bonchev–Trinajstić information content (AvgIpc) is 2.72. The highest BCUT2D eigenvalue weighted by Gasteiger charge is 2.28. The van der Waals surface area contributed by atoms with Crippen LogP contribution in [-0.2, 0) is 22.4 Å². The third-order valence-corrected chi connectivity index (χ3v) is 5.65. The Morgan fingerprint density at radius 1 is 1.13 bits per heavy atom. The molecule has 0 saturated heterocycles. The van der Waals surface area contributed by atoms with E-state index in [1.165, 1.54) is 0 Å². The van der Waals surface area contributed by atoms with Gasteiger partial charge in [0, 0.05) is 17.5 Å². The van der Waals surface area contributed by atoms with Gasteiger partial charge in [-0.3, -0.25) is 9.59 Å². The summed E-state index contributed by atoms with van der Waals surface area (Å²) in [6.45, 7) is 10.5. The second-order valence-corrected chi connectivity index (χ2v) is 8.75. The Balaban J connectivity index is 1.96. The van der Waals surface area contributed by atoms with Crippen LogP contribution in [0.1, 0.15) is 62.3 Å². The molecular weight excluding hydrogens is 390 g/mol. The minimum Gasteiger partial charge on any atom is -0.493 e. The Morgan fingerprint density at radius 3 is 2.55 bits per heavy atom.